The Labute approximate surface area is 72.1 Å². The Morgan fingerprint density at radius 1 is 1.46 bits per heavy atom. The van der Waals surface area contributed by atoms with E-state index < -0.39 is 16.9 Å². The quantitative estimate of drug-likeness (QED) is 0.439. The van der Waals surface area contributed by atoms with E-state index in [-0.39, 0.29) is 11.4 Å². The molecule has 4 nitrogen and oxygen atoms in total. The zero-order valence-electron chi connectivity index (χ0n) is 6.41. The molecular formula is C7H6F2N2O2. The van der Waals surface area contributed by atoms with Gasteiger partial charge >= 0.3 is 0 Å². The largest absolute Gasteiger partial charge is 0.398 e. The molecule has 0 aliphatic carbocycles. The number of anilines is 1. The van der Waals surface area contributed by atoms with Crippen molar-refractivity contribution in [3.05, 3.63) is 33.9 Å². The molecule has 0 saturated carbocycles. The molecule has 0 aliphatic rings. The number of rotatable bonds is 2. The Morgan fingerprint density at radius 2 is 2.08 bits per heavy atom. The van der Waals surface area contributed by atoms with Crippen molar-refractivity contribution in [2.75, 3.05) is 5.73 Å². The van der Waals surface area contributed by atoms with Crippen LogP contribution in [0.2, 0.25) is 0 Å². The van der Waals surface area contributed by atoms with E-state index >= 15 is 0 Å². The van der Waals surface area contributed by atoms with E-state index in [4.69, 9.17) is 5.73 Å². The highest BCUT2D eigenvalue weighted by atomic mass is 19.3. The molecule has 1 rings (SSSR count). The van der Waals surface area contributed by atoms with Gasteiger partial charge in [-0.2, -0.15) is 0 Å². The number of hydrogen-bond acceptors (Lipinski definition) is 3. The van der Waals surface area contributed by atoms with Crippen LogP contribution < -0.4 is 5.73 Å². The molecule has 70 valence electrons. The predicted octanol–water partition coefficient (Wildman–Crippen LogP) is 2.11. The van der Waals surface area contributed by atoms with Crippen molar-refractivity contribution in [3.8, 4) is 0 Å². The summed E-state index contributed by atoms with van der Waals surface area (Å²) in [4.78, 5) is 9.46. The number of nitro groups is 1. The van der Waals surface area contributed by atoms with Crippen LogP contribution in [0.1, 0.15) is 12.0 Å². The van der Waals surface area contributed by atoms with Gasteiger partial charge in [-0.15, -0.1) is 0 Å². The third kappa shape index (κ3) is 1.90. The number of alkyl halides is 2. The van der Waals surface area contributed by atoms with Crippen LogP contribution in [0, 0.1) is 10.1 Å². The van der Waals surface area contributed by atoms with Crippen molar-refractivity contribution in [1.82, 2.24) is 0 Å². The van der Waals surface area contributed by atoms with Crippen LogP contribution in [0.5, 0.6) is 0 Å². The molecule has 6 heteroatoms. The lowest BCUT2D eigenvalue weighted by Gasteiger charge is -2.02. The highest BCUT2D eigenvalue weighted by Crippen LogP contribution is 2.28. The molecule has 0 spiro atoms. The molecule has 0 heterocycles. The molecule has 2 N–H and O–H groups in total. The molecule has 1 aromatic rings. The topological polar surface area (TPSA) is 69.2 Å². The van der Waals surface area contributed by atoms with Gasteiger partial charge in [0.2, 0.25) is 0 Å². The highest BCUT2D eigenvalue weighted by Gasteiger charge is 2.15. The molecule has 0 bridgehead atoms. The molecule has 1 aromatic carbocycles. The number of halogens is 2. The van der Waals surface area contributed by atoms with Crippen LogP contribution in [0.25, 0.3) is 0 Å². The number of nitro benzene ring substituents is 1. The lowest BCUT2D eigenvalue weighted by molar-refractivity contribution is -0.385. The summed E-state index contributed by atoms with van der Waals surface area (Å²) >= 11 is 0. The van der Waals surface area contributed by atoms with E-state index in [1.807, 2.05) is 0 Å². The van der Waals surface area contributed by atoms with Crippen molar-refractivity contribution in [2.24, 2.45) is 0 Å². The summed E-state index contributed by atoms with van der Waals surface area (Å²) in [6, 6.07) is 2.96. The van der Waals surface area contributed by atoms with E-state index in [1.165, 1.54) is 0 Å². The van der Waals surface area contributed by atoms with Gasteiger partial charge in [0.25, 0.3) is 12.1 Å². The van der Waals surface area contributed by atoms with Crippen LogP contribution in [-0.2, 0) is 0 Å². The maximum Gasteiger partial charge on any atom is 0.270 e. The van der Waals surface area contributed by atoms with Crippen molar-refractivity contribution < 1.29 is 13.7 Å². The monoisotopic (exact) mass is 188 g/mol. The van der Waals surface area contributed by atoms with Crippen LogP contribution in [0.3, 0.4) is 0 Å². The van der Waals surface area contributed by atoms with Gasteiger partial charge in [0.05, 0.1) is 4.92 Å². The molecule has 0 aliphatic heterocycles. The minimum atomic E-state index is -2.79. The van der Waals surface area contributed by atoms with Crippen molar-refractivity contribution in [2.45, 2.75) is 6.43 Å². The summed E-state index contributed by atoms with van der Waals surface area (Å²) in [6.45, 7) is 0. The number of nitrogens with zero attached hydrogens (tertiary/aromatic N) is 1. The molecule has 0 radical (unpaired) electrons. The van der Waals surface area contributed by atoms with Crippen LogP contribution in [0.15, 0.2) is 18.2 Å². The Kier molecular flexibility index (Phi) is 2.41. The zero-order valence-corrected chi connectivity index (χ0v) is 6.41. The van der Waals surface area contributed by atoms with Crippen molar-refractivity contribution >= 4 is 11.4 Å². The number of non-ortho nitro benzene ring substituents is 1. The molecule has 0 unspecified atom stereocenters. The van der Waals surface area contributed by atoms with Gasteiger partial charge in [-0.1, -0.05) is 0 Å². The summed E-state index contributed by atoms with van der Waals surface area (Å²) in [5, 5.41) is 10.2. The summed E-state index contributed by atoms with van der Waals surface area (Å²) in [5.41, 5.74) is 4.16. The van der Waals surface area contributed by atoms with Gasteiger partial charge in [0.1, 0.15) is 0 Å². The SMILES string of the molecule is Nc1ccc([N+](=O)[O-])cc1C(F)F. The Hall–Kier alpha value is -1.72. The fourth-order valence-electron chi connectivity index (χ4n) is 0.865. The third-order valence-electron chi connectivity index (χ3n) is 1.52. The third-order valence-corrected chi connectivity index (χ3v) is 1.52. The van der Waals surface area contributed by atoms with Crippen LogP contribution >= 0.6 is 0 Å². The average Bonchev–Trinajstić information content (AvgIpc) is 2.04. The van der Waals surface area contributed by atoms with Crippen LogP contribution in [-0.4, -0.2) is 4.92 Å². The van der Waals surface area contributed by atoms with Gasteiger partial charge in [-0.25, -0.2) is 8.78 Å². The first kappa shape index (κ1) is 9.37. The Morgan fingerprint density at radius 3 is 2.54 bits per heavy atom. The van der Waals surface area contributed by atoms with Crippen molar-refractivity contribution in [1.29, 1.82) is 0 Å². The van der Waals surface area contributed by atoms with E-state index in [0.717, 1.165) is 18.2 Å². The van der Waals surface area contributed by atoms with E-state index in [9.17, 15) is 18.9 Å². The fourth-order valence-corrected chi connectivity index (χ4v) is 0.865. The molecular weight excluding hydrogens is 182 g/mol. The second-order valence-electron chi connectivity index (χ2n) is 2.37. The first-order valence-corrected chi connectivity index (χ1v) is 3.34. The number of hydrogen-bond donors (Lipinski definition) is 1. The Balaban J connectivity index is 3.19. The molecule has 0 fully saturated rings. The standard InChI is InChI=1S/C7H6F2N2O2/c8-7(9)5-3-4(11(12)13)1-2-6(5)10/h1-3,7H,10H2. The van der Waals surface area contributed by atoms with Gasteiger partial charge in [-0.3, -0.25) is 10.1 Å². The number of benzene rings is 1. The highest BCUT2D eigenvalue weighted by molar-refractivity contribution is 5.53. The van der Waals surface area contributed by atoms with E-state index in [2.05, 4.69) is 0 Å². The van der Waals surface area contributed by atoms with E-state index in [1.54, 1.807) is 0 Å². The van der Waals surface area contributed by atoms with Gasteiger partial charge in [-0.05, 0) is 6.07 Å². The maximum atomic E-state index is 12.2. The lowest BCUT2D eigenvalue weighted by atomic mass is 10.1. The second-order valence-corrected chi connectivity index (χ2v) is 2.37. The smallest absolute Gasteiger partial charge is 0.270 e. The Bertz CT molecular complexity index is 341. The summed E-state index contributed by atoms with van der Waals surface area (Å²) in [5.74, 6) is 0. The predicted molar refractivity (Wildman–Crippen MR) is 42.5 cm³/mol. The summed E-state index contributed by atoms with van der Waals surface area (Å²) < 4.78 is 24.3. The van der Waals surface area contributed by atoms with Crippen LogP contribution in [0.4, 0.5) is 20.2 Å². The molecule has 0 amide bonds. The minimum absolute atomic E-state index is 0.138. The van der Waals surface area contributed by atoms with E-state index in [0.29, 0.717) is 0 Å². The normalized spacial score (nSPS) is 10.4. The van der Waals surface area contributed by atoms with Gasteiger partial charge in [0.15, 0.2) is 0 Å². The molecule has 13 heavy (non-hydrogen) atoms. The average molecular weight is 188 g/mol. The lowest BCUT2D eigenvalue weighted by Crippen LogP contribution is -1.96. The summed E-state index contributed by atoms with van der Waals surface area (Å²) in [7, 11) is 0. The fraction of sp³-hybridized carbons (Fsp3) is 0.143. The number of nitrogen functional groups attached to an aromatic ring is 1. The molecule has 0 saturated heterocycles. The van der Waals surface area contributed by atoms with Crippen molar-refractivity contribution in [3.63, 3.8) is 0 Å². The number of nitrogens with two attached hydrogens (primary N) is 1. The second kappa shape index (κ2) is 3.34. The first-order valence-electron chi connectivity index (χ1n) is 3.34. The molecule has 0 atom stereocenters. The van der Waals surface area contributed by atoms with Gasteiger partial charge in [0, 0.05) is 23.4 Å². The van der Waals surface area contributed by atoms with Gasteiger partial charge < -0.3 is 5.73 Å². The summed E-state index contributed by atoms with van der Waals surface area (Å²) in [6.07, 6.45) is -2.79. The first-order chi connectivity index (χ1) is 6.02. The maximum absolute atomic E-state index is 12.2. The minimum Gasteiger partial charge on any atom is -0.398 e. The zero-order chi connectivity index (χ0) is 10.0. The molecule has 0 aromatic heterocycles.